The van der Waals surface area contributed by atoms with E-state index in [0.29, 0.717) is 0 Å². The molecule has 0 unspecified atom stereocenters. The van der Waals surface area contributed by atoms with E-state index in [1.807, 2.05) is 38.1 Å². The largest absolute Gasteiger partial charge is 0.274 e. The molecular weight excluding hydrogens is 188 g/mol. The fourth-order valence-corrected chi connectivity index (χ4v) is 1.24. The molecule has 0 aliphatic heterocycles. The molecule has 3 nitrogen and oxygen atoms in total. The average molecular weight is 204 g/mol. The topological polar surface area (TPSA) is 41.5 Å². The van der Waals surface area contributed by atoms with E-state index < -0.39 is 0 Å². The number of carbonyl (C=O) groups is 1. The summed E-state index contributed by atoms with van der Waals surface area (Å²) >= 11 is 0. The van der Waals surface area contributed by atoms with E-state index >= 15 is 0 Å². The molecule has 1 aromatic carbocycles. The van der Waals surface area contributed by atoms with Gasteiger partial charge in [0.05, 0.1) is 5.71 Å². The predicted octanol–water partition coefficient (Wildman–Crippen LogP) is 2.25. The van der Waals surface area contributed by atoms with Gasteiger partial charge >= 0.3 is 0 Å². The van der Waals surface area contributed by atoms with Crippen LogP contribution in [0.15, 0.2) is 29.4 Å². The second-order valence-electron chi connectivity index (χ2n) is 3.45. The molecule has 0 saturated carbocycles. The normalized spacial score (nSPS) is 11.3. The zero-order chi connectivity index (χ0) is 11.3. The van der Waals surface area contributed by atoms with Crippen molar-refractivity contribution in [3.63, 3.8) is 0 Å². The first-order chi connectivity index (χ1) is 7.13. The molecule has 0 fully saturated rings. The van der Waals surface area contributed by atoms with Crippen molar-refractivity contribution in [2.45, 2.75) is 27.2 Å². The Kier molecular flexibility index (Phi) is 4.03. The van der Waals surface area contributed by atoms with Crippen LogP contribution in [-0.2, 0) is 4.79 Å². The van der Waals surface area contributed by atoms with Crippen molar-refractivity contribution in [1.82, 2.24) is 5.43 Å². The van der Waals surface area contributed by atoms with E-state index in [9.17, 15) is 4.79 Å². The minimum atomic E-state index is -0.145. The van der Waals surface area contributed by atoms with Crippen LogP contribution >= 0.6 is 0 Å². The Morgan fingerprint density at radius 2 is 1.93 bits per heavy atom. The number of amides is 1. The SMILES string of the molecule is CC/C(=N\NC(C)=O)c1ccc(C)cc1. The zero-order valence-electron chi connectivity index (χ0n) is 9.37. The van der Waals surface area contributed by atoms with Crippen molar-refractivity contribution in [3.8, 4) is 0 Å². The smallest absolute Gasteiger partial charge is 0.236 e. The average Bonchev–Trinajstić information content (AvgIpc) is 2.21. The van der Waals surface area contributed by atoms with E-state index in [0.717, 1.165) is 17.7 Å². The fraction of sp³-hybridized carbons (Fsp3) is 0.333. The number of hydrogen-bond donors (Lipinski definition) is 1. The summed E-state index contributed by atoms with van der Waals surface area (Å²) in [6.07, 6.45) is 0.795. The van der Waals surface area contributed by atoms with Crippen LogP contribution < -0.4 is 5.43 Å². The van der Waals surface area contributed by atoms with Crippen LogP contribution in [-0.4, -0.2) is 11.6 Å². The van der Waals surface area contributed by atoms with Gasteiger partial charge in [0.25, 0.3) is 0 Å². The maximum absolute atomic E-state index is 10.7. The Morgan fingerprint density at radius 3 is 2.40 bits per heavy atom. The molecule has 3 heteroatoms. The number of aryl methyl sites for hydroxylation is 1. The van der Waals surface area contributed by atoms with Gasteiger partial charge in [-0.05, 0) is 18.9 Å². The number of hydrazone groups is 1. The molecular formula is C12H16N2O. The fourth-order valence-electron chi connectivity index (χ4n) is 1.24. The lowest BCUT2D eigenvalue weighted by atomic mass is 10.1. The van der Waals surface area contributed by atoms with Crippen molar-refractivity contribution >= 4 is 11.6 Å². The maximum Gasteiger partial charge on any atom is 0.236 e. The molecule has 1 aromatic rings. The molecule has 0 heterocycles. The molecule has 0 aliphatic rings. The highest BCUT2D eigenvalue weighted by atomic mass is 16.2. The highest BCUT2D eigenvalue weighted by molar-refractivity contribution is 6.00. The van der Waals surface area contributed by atoms with E-state index in [4.69, 9.17) is 0 Å². The number of nitrogens with one attached hydrogen (secondary N) is 1. The van der Waals surface area contributed by atoms with Gasteiger partial charge in [-0.15, -0.1) is 0 Å². The first kappa shape index (κ1) is 11.4. The Balaban J connectivity index is 2.87. The van der Waals surface area contributed by atoms with Gasteiger partial charge < -0.3 is 0 Å². The minimum Gasteiger partial charge on any atom is -0.274 e. The van der Waals surface area contributed by atoms with Gasteiger partial charge in [0.1, 0.15) is 0 Å². The molecule has 0 spiro atoms. The van der Waals surface area contributed by atoms with Gasteiger partial charge in [-0.2, -0.15) is 5.10 Å². The van der Waals surface area contributed by atoms with E-state index in [1.165, 1.54) is 12.5 Å². The predicted molar refractivity (Wildman–Crippen MR) is 61.8 cm³/mol. The summed E-state index contributed by atoms with van der Waals surface area (Å²) in [7, 11) is 0. The third-order valence-electron chi connectivity index (χ3n) is 2.07. The molecule has 0 bridgehead atoms. The summed E-state index contributed by atoms with van der Waals surface area (Å²) in [5.41, 5.74) is 5.62. The maximum atomic E-state index is 10.7. The van der Waals surface area contributed by atoms with Crippen LogP contribution in [0.4, 0.5) is 0 Å². The lowest BCUT2D eigenvalue weighted by molar-refractivity contribution is -0.118. The second kappa shape index (κ2) is 5.29. The summed E-state index contributed by atoms with van der Waals surface area (Å²) < 4.78 is 0. The van der Waals surface area contributed by atoms with Gasteiger partial charge in [0.2, 0.25) is 5.91 Å². The van der Waals surface area contributed by atoms with Gasteiger partial charge in [0, 0.05) is 6.92 Å². The van der Waals surface area contributed by atoms with Crippen molar-refractivity contribution in [3.05, 3.63) is 35.4 Å². The molecule has 0 atom stereocenters. The summed E-state index contributed by atoms with van der Waals surface area (Å²) in [6.45, 7) is 5.51. The monoisotopic (exact) mass is 204 g/mol. The van der Waals surface area contributed by atoms with Crippen LogP contribution in [0.25, 0.3) is 0 Å². The van der Waals surface area contributed by atoms with Crippen LogP contribution in [0.3, 0.4) is 0 Å². The zero-order valence-corrected chi connectivity index (χ0v) is 9.37. The Morgan fingerprint density at radius 1 is 1.33 bits per heavy atom. The van der Waals surface area contributed by atoms with Gasteiger partial charge in [-0.3, -0.25) is 4.79 Å². The molecule has 0 aromatic heterocycles. The van der Waals surface area contributed by atoms with Crippen molar-refractivity contribution in [2.75, 3.05) is 0 Å². The van der Waals surface area contributed by atoms with Crippen LogP contribution in [0, 0.1) is 6.92 Å². The highest BCUT2D eigenvalue weighted by Crippen LogP contribution is 2.06. The number of benzene rings is 1. The quantitative estimate of drug-likeness (QED) is 0.595. The summed E-state index contributed by atoms with van der Waals surface area (Å²) in [6, 6.07) is 8.10. The molecule has 1 amide bonds. The Hall–Kier alpha value is -1.64. The number of carbonyl (C=O) groups excluding carboxylic acids is 1. The van der Waals surface area contributed by atoms with Gasteiger partial charge in [-0.1, -0.05) is 36.8 Å². The molecule has 0 radical (unpaired) electrons. The third kappa shape index (κ3) is 3.54. The van der Waals surface area contributed by atoms with Crippen LogP contribution in [0.2, 0.25) is 0 Å². The summed E-state index contributed by atoms with van der Waals surface area (Å²) in [5.74, 6) is -0.145. The number of rotatable bonds is 3. The van der Waals surface area contributed by atoms with E-state index in [2.05, 4.69) is 10.5 Å². The first-order valence-corrected chi connectivity index (χ1v) is 5.03. The Bertz CT molecular complexity index is 366. The number of hydrogen-bond acceptors (Lipinski definition) is 2. The van der Waals surface area contributed by atoms with Gasteiger partial charge in [0.15, 0.2) is 0 Å². The van der Waals surface area contributed by atoms with E-state index in [1.54, 1.807) is 0 Å². The van der Waals surface area contributed by atoms with E-state index in [-0.39, 0.29) is 5.91 Å². The molecule has 0 aliphatic carbocycles. The van der Waals surface area contributed by atoms with Crippen LogP contribution in [0.5, 0.6) is 0 Å². The summed E-state index contributed by atoms with van der Waals surface area (Å²) in [5, 5.41) is 4.06. The minimum absolute atomic E-state index is 0.145. The first-order valence-electron chi connectivity index (χ1n) is 5.03. The molecule has 0 saturated heterocycles. The third-order valence-corrected chi connectivity index (χ3v) is 2.07. The lowest BCUT2D eigenvalue weighted by Gasteiger charge is -2.04. The van der Waals surface area contributed by atoms with Crippen molar-refractivity contribution < 1.29 is 4.79 Å². The summed E-state index contributed by atoms with van der Waals surface area (Å²) in [4.78, 5) is 10.7. The molecule has 15 heavy (non-hydrogen) atoms. The second-order valence-corrected chi connectivity index (χ2v) is 3.45. The van der Waals surface area contributed by atoms with Gasteiger partial charge in [-0.25, -0.2) is 5.43 Å². The highest BCUT2D eigenvalue weighted by Gasteiger charge is 2.00. The van der Waals surface area contributed by atoms with Crippen molar-refractivity contribution in [2.24, 2.45) is 5.10 Å². The molecule has 1 N–H and O–H groups in total. The standard InChI is InChI=1S/C12H16N2O/c1-4-12(14-13-10(3)15)11-7-5-9(2)6-8-11/h5-8H,4H2,1-3H3,(H,13,15)/b14-12+. The van der Waals surface area contributed by atoms with Crippen LogP contribution in [0.1, 0.15) is 31.4 Å². The Labute approximate surface area is 90.2 Å². The number of nitrogens with zero attached hydrogens (tertiary/aromatic N) is 1. The van der Waals surface area contributed by atoms with Crippen molar-refractivity contribution in [1.29, 1.82) is 0 Å². The molecule has 80 valence electrons. The lowest BCUT2D eigenvalue weighted by Crippen LogP contribution is -2.16. The molecule has 1 rings (SSSR count).